The fourth-order valence-electron chi connectivity index (χ4n) is 3.67. The molecule has 0 atom stereocenters. The van der Waals surface area contributed by atoms with Gasteiger partial charge in [0.2, 0.25) is 0 Å². The fourth-order valence-corrected chi connectivity index (χ4v) is 4.66. The Morgan fingerprint density at radius 1 is 1.27 bits per heavy atom. The Hall–Kier alpha value is -1.09. The molecule has 2 N–H and O–H groups in total. The van der Waals surface area contributed by atoms with Crippen molar-refractivity contribution in [3.8, 4) is 0 Å². The van der Waals surface area contributed by atoms with Gasteiger partial charge in [0, 0.05) is 49.4 Å². The zero-order chi connectivity index (χ0) is 17.4. The third kappa shape index (κ3) is 5.70. The molecule has 0 amide bonds. The molecule has 1 fully saturated rings. The Labute approximate surface area is 177 Å². The highest BCUT2D eigenvalue weighted by Gasteiger charge is 2.34. The van der Waals surface area contributed by atoms with E-state index in [0.717, 1.165) is 32.0 Å². The fraction of sp³-hybridized carbons (Fsp3) is 0.579. The molecule has 2 aromatic rings. The van der Waals surface area contributed by atoms with Crippen LogP contribution in [0.1, 0.15) is 43.4 Å². The number of hydrogen-bond donors (Lipinski definition) is 2. The summed E-state index contributed by atoms with van der Waals surface area (Å²) in [5.41, 5.74) is 0.277. The predicted molar refractivity (Wildman–Crippen MR) is 121 cm³/mol. The summed E-state index contributed by atoms with van der Waals surface area (Å²) in [5, 5.41) is 13.5. The molecule has 2 heterocycles. The highest BCUT2D eigenvalue weighted by Crippen LogP contribution is 2.41. The molecule has 1 saturated carbocycles. The van der Waals surface area contributed by atoms with Crippen LogP contribution in [0, 0.1) is 0 Å². The molecule has 5 nitrogen and oxygen atoms in total. The van der Waals surface area contributed by atoms with Gasteiger partial charge in [-0.3, -0.25) is 9.67 Å². The first-order valence-corrected chi connectivity index (χ1v) is 10.2. The van der Waals surface area contributed by atoms with Crippen LogP contribution in [0.5, 0.6) is 0 Å². The number of nitrogens with one attached hydrogen (secondary N) is 2. The number of thiophene rings is 1. The van der Waals surface area contributed by atoms with Gasteiger partial charge in [-0.15, -0.1) is 35.3 Å². The van der Waals surface area contributed by atoms with E-state index < -0.39 is 0 Å². The van der Waals surface area contributed by atoms with E-state index in [0.29, 0.717) is 0 Å². The summed E-state index contributed by atoms with van der Waals surface area (Å²) in [5.74, 6) is 0.905. The van der Waals surface area contributed by atoms with E-state index in [1.165, 1.54) is 37.0 Å². The van der Waals surface area contributed by atoms with Gasteiger partial charge in [-0.1, -0.05) is 25.3 Å². The van der Waals surface area contributed by atoms with Gasteiger partial charge in [0.15, 0.2) is 5.96 Å². The van der Waals surface area contributed by atoms with Gasteiger partial charge in [0.25, 0.3) is 0 Å². The van der Waals surface area contributed by atoms with Crippen molar-refractivity contribution in [2.45, 2.75) is 50.5 Å². The third-order valence-corrected chi connectivity index (χ3v) is 6.20. The summed E-state index contributed by atoms with van der Waals surface area (Å²) < 4.78 is 1.96. The zero-order valence-electron chi connectivity index (χ0n) is 15.5. The lowest BCUT2D eigenvalue weighted by Gasteiger charge is -2.37. The van der Waals surface area contributed by atoms with Gasteiger partial charge in [-0.2, -0.15) is 5.10 Å². The van der Waals surface area contributed by atoms with Crippen LogP contribution >= 0.6 is 35.3 Å². The van der Waals surface area contributed by atoms with Crippen LogP contribution in [0.15, 0.2) is 41.0 Å². The van der Waals surface area contributed by atoms with Gasteiger partial charge in [0.05, 0.1) is 0 Å². The molecule has 2 aromatic heterocycles. The number of rotatable bonds is 7. The molecule has 0 aromatic carbocycles. The SMILES string of the molecule is CN=C(NCCCn1cccn1)NCC1(c2cccs2)CCCCC1.I. The summed E-state index contributed by atoms with van der Waals surface area (Å²) in [6.45, 7) is 2.79. The molecule has 0 aliphatic heterocycles. The molecule has 0 radical (unpaired) electrons. The van der Waals surface area contributed by atoms with Crippen LogP contribution in [0.4, 0.5) is 0 Å². The molecule has 0 unspecified atom stereocenters. The van der Waals surface area contributed by atoms with Crippen LogP contribution in [0.2, 0.25) is 0 Å². The molecule has 144 valence electrons. The van der Waals surface area contributed by atoms with E-state index in [-0.39, 0.29) is 29.4 Å². The number of halogens is 1. The molecular weight excluding hydrogens is 457 g/mol. The number of aliphatic imine (C=N–C) groups is 1. The minimum Gasteiger partial charge on any atom is -0.356 e. The topological polar surface area (TPSA) is 54.2 Å². The molecular formula is C19H30IN5S. The molecule has 7 heteroatoms. The molecule has 3 rings (SSSR count). The van der Waals surface area contributed by atoms with Crippen molar-refractivity contribution in [3.05, 3.63) is 40.8 Å². The first-order chi connectivity index (χ1) is 12.3. The average molecular weight is 487 g/mol. The van der Waals surface area contributed by atoms with Crippen molar-refractivity contribution >= 4 is 41.3 Å². The van der Waals surface area contributed by atoms with Gasteiger partial charge >= 0.3 is 0 Å². The summed E-state index contributed by atoms with van der Waals surface area (Å²) in [4.78, 5) is 5.92. The second-order valence-electron chi connectivity index (χ2n) is 6.79. The van der Waals surface area contributed by atoms with Crippen LogP contribution in [-0.4, -0.2) is 35.9 Å². The van der Waals surface area contributed by atoms with Crippen molar-refractivity contribution in [1.82, 2.24) is 20.4 Å². The van der Waals surface area contributed by atoms with Crippen LogP contribution in [-0.2, 0) is 12.0 Å². The summed E-state index contributed by atoms with van der Waals surface area (Å²) in [7, 11) is 1.85. The number of nitrogens with zero attached hydrogens (tertiary/aromatic N) is 3. The predicted octanol–water partition coefficient (Wildman–Crippen LogP) is 4.02. The van der Waals surface area contributed by atoms with E-state index in [2.05, 4.69) is 38.2 Å². The second-order valence-corrected chi connectivity index (χ2v) is 7.74. The molecule has 1 aliphatic carbocycles. The van der Waals surface area contributed by atoms with Gasteiger partial charge in [-0.05, 0) is 36.8 Å². The number of aromatic nitrogens is 2. The van der Waals surface area contributed by atoms with Crippen LogP contribution < -0.4 is 10.6 Å². The molecule has 0 bridgehead atoms. The van der Waals surface area contributed by atoms with Crippen molar-refractivity contribution in [3.63, 3.8) is 0 Å². The van der Waals surface area contributed by atoms with Crippen LogP contribution in [0.3, 0.4) is 0 Å². The zero-order valence-corrected chi connectivity index (χ0v) is 18.6. The Morgan fingerprint density at radius 3 is 2.77 bits per heavy atom. The summed E-state index contributed by atoms with van der Waals surface area (Å²) >= 11 is 1.90. The standard InChI is InChI=1S/C19H29N5S.HI/c1-20-18(21-11-6-13-24-14-7-12-23-24)22-16-19(9-3-2-4-10-19)17-8-5-15-25-17;/h5,7-8,12,14-15H,2-4,6,9-11,13,16H2,1H3,(H2,20,21,22);1H. The highest BCUT2D eigenvalue weighted by molar-refractivity contribution is 14.0. The maximum absolute atomic E-state index is 4.39. The number of guanidine groups is 1. The number of hydrogen-bond acceptors (Lipinski definition) is 3. The lowest BCUT2D eigenvalue weighted by Crippen LogP contribution is -2.46. The highest BCUT2D eigenvalue weighted by atomic mass is 127. The van der Waals surface area contributed by atoms with E-state index in [4.69, 9.17) is 0 Å². The van der Waals surface area contributed by atoms with E-state index in [1.54, 1.807) is 0 Å². The van der Waals surface area contributed by atoms with Crippen molar-refractivity contribution < 1.29 is 0 Å². The molecule has 0 spiro atoms. The minimum atomic E-state index is 0. The quantitative estimate of drug-likeness (QED) is 0.269. The molecule has 1 aliphatic rings. The summed E-state index contributed by atoms with van der Waals surface area (Å²) in [6.07, 6.45) is 11.4. The first-order valence-electron chi connectivity index (χ1n) is 9.28. The minimum absolute atomic E-state index is 0. The van der Waals surface area contributed by atoms with Crippen LogP contribution in [0.25, 0.3) is 0 Å². The smallest absolute Gasteiger partial charge is 0.191 e. The summed E-state index contributed by atoms with van der Waals surface area (Å²) in [6, 6.07) is 6.44. The van der Waals surface area contributed by atoms with E-state index >= 15 is 0 Å². The number of aryl methyl sites for hydroxylation is 1. The monoisotopic (exact) mass is 487 g/mol. The van der Waals surface area contributed by atoms with Crippen molar-refractivity contribution in [2.24, 2.45) is 4.99 Å². The normalized spacial score (nSPS) is 16.7. The lowest BCUT2D eigenvalue weighted by atomic mass is 9.73. The van der Waals surface area contributed by atoms with Crippen molar-refractivity contribution in [2.75, 3.05) is 20.1 Å². The third-order valence-electron chi connectivity index (χ3n) is 5.09. The van der Waals surface area contributed by atoms with Gasteiger partial charge in [0.1, 0.15) is 0 Å². The van der Waals surface area contributed by atoms with Gasteiger partial charge < -0.3 is 10.6 Å². The lowest BCUT2D eigenvalue weighted by molar-refractivity contribution is 0.296. The second kappa shape index (κ2) is 10.9. The van der Waals surface area contributed by atoms with Crippen molar-refractivity contribution in [1.29, 1.82) is 0 Å². The van der Waals surface area contributed by atoms with E-state index in [1.807, 2.05) is 41.5 Å². The Morgan fingerprint density at radius 2 is 2.12 bits per heavy atom. The van der Waals surface area contributed by atoms with E-state index in [9.17, 15) is 0 Å². The maximum Gasteiger partial charge on any atom is 0.191 e. The maximum atomic E-state index is 4.39. The average Bonchev–Trinajstić information content (AvgIpc) is 3.36. The first kappa shape index (κ1) is 21.2. The Kier molecular flexibility index (Phi) is 8.90. The largest absolute Gasteiger partial charge is 0.356 e. The molecule has 0 saturated heterocycles. The van der Waals surface area contributed by atoms with Gasteiger partial charge in [-0.25, -0.2) is 0 Å². The molecule has 26 heavy (non-hydrogen) atoms. The Balaban J connectivity index is 0.00000243. The Bertz CT molecular complexity index is 633.